The number of nitrogens with one attached hydrogen (secondary N) is 3. The standard InChI is InChI=1S/C74H111F11N12O13/c1-9-43(2)60-68(107)90(4)42-58(100)91(5)52-20-11-10-16-30-97(67(52)106)54(38-44-22-25-47(26-23-44)73(80,81)82)65(104)89(3)41-56(98)86-50(27-24-45-36-48(75)59(49(76)37-45)74(83,84)85)64(103)96-31-17-21-51(96)63(102)88-71(28-14-15-29-71)70(109)94(8)61(46-18-12-13-19-46)69(108)93(7)53(66(105)95-32-34-110-35-33-95)39-57(99)92(6)55(62(101)87-60)40-72(77,78)79/h43-55,59-61H,9-42H2,1-8H3,(H,86,98)(H,87,101)(H,88,102)/t43-,44?,45?,47?,48?,49?,50-,51-,52-,53-,54-,55-,59?,60-,61-/m0/s1. The normalized spacial score (nSPS) is 31.9. The van der Waals surface area contributed by atoms with E-state index in [0.29, 0.717) is 56.3 Å². The van der Waals surface area contributed by atoms with Crippen molar-refractivity contribution in [3.05, 3.63) is 0 Å². The lowest BCUT2D eigenvalue weighted by Crippen LogP contribution is -2.65. The van der Waals surface area contributed by atoms with Crippen LogP contribution in [0.25, 0.3) is 0 Å². The number of rotatable bonds is 10. The van der Waals surface area contributed by atoms with Crippen molar-refractivity contribution >= 4 is 70.9 Å². The van der Waals surface area contributed by atoms with Gasteiger partial charge < -0.3 is 64.8 Å². The molecule has 8 rings (SSSR count). The van der Waals surface area contributed by atoms with E-state index in [0.717, 1.165) is 31.5 Å². The van der Waals surface area contributed by atoms with E-state index in [4.69, 9.17) is 4.74 Å². The fraction of sp³-hybridized carbons (Fsp3) is 0.838. The number of alkyl halides is 11. The van der Waals surface area contributed by atoms with E-state index >= 15 is 37.5 Å². The molecule has 25 nitrogen and oxygen atoms in total. The van der Waals surface area contributed by atoms with Gasteiger partial charge in [-0.3, -0.25) is 57.5 Å². The van der Waals surface area contributed by atoms with Crippen molar-refractivity contribution in [1.29, 1.82) is 0 Å². The molecule has 0 aromatic heterocycles. The number of ether oxygens (including phenoxy) is 1. The van der Waals surface area contributed by atoms with Crippen LogP contribution < -0.4 is 16.0 Å². The first-order valence-corrected chi connectivity index (χ1v) is 39.0. The molecule has 4 aliphatic carbocycles. The average Bonchev–Trinajstić information content (AvgIpc) is 1.62. The second-order valence-corrected chi connectivity index (χ2v) is 32.1. The Morgan fingerprint density at radius 1 is 0.555 bits per heavy atom. The lowest BCUT2D eigenvalue weighted by atomic mass is 9.76. The van der Waals surface area contributed by atoms with Gasteiger partial charge in [0.1, 0.15) is 72.1 Å². The first-order chi connectivity index (χ1) is 51.6. The van der Waals surface area contributed by atoms with E-state index in [1.54, 1.807) is 6.92 Å². The Labute approximate surface area is 635 Å². The number of fused-ring (bicyclic) bond motifs is 3. The summed E-state index contributed by atoms with van der Waals surface area (Å²) in [7, 11) is 7.06. The third kappa shape index (κ3) is 21.6. The maximum absolute atomic E-state index is 15.6. The second-order valence-electron chi connectivity index (χ2n) is 32.1. The number of nitrogens with zero attached hydrogens (tertiary/aromatic N) is 9. The fourth-order valence-electron chi connectivity index (χ4n) is 17.8. The maximum Gasteiger partial charge on any atom is 0.397 e. The Kier molecular flexibility index (Phi) is 30.3. The molecule has 12 amide bonds. The van der Waals surface area contributed by atoms with Gasteiger partial charge in [0, 0.05) is 68.5 Å². The number of hydrogen-bond donors (Lipinski definition) is 3. The van der Waals surface area contributed by atoms with Gasteiger partial charge in [0.15, 0.2) is 0 Å². The molecular weight excluding hydrogens is 1470 g/mol. The predicted molar refractivity (Wildman–Crippen MR) is 375 cm³/mol. The van der Waals surface area contributed by atoms with Crippen molar-refractivity contribution in [2.75, 3.05) is 94.8 Å². The van der Waals surface area contributed by atoms with Gasteiger partial charge >= 0.3 is 18.5 Å². The van der Waals surface area contributed by atoms with E-state index < -0.39 is 236 Å². The fourth-order valence-corrected chi connectivity index (χ4v) is 17.8. The van der Waals surface area contributed by atoms with Crippen LogP contribution in [0.15, 0.2) is 0 Å². The van der Waals surface area contributed by atoms with Gasteiger partial charge in [-0.15, -0.1) is 0 Å². The highest BCUT2D eigenvalue weighted by Gasteiger charge is 2.56. The summed E-state index contributed by atoms with van der Waals surface area (Å²) < 4.78 is 165. The van der Waals surface area contributed by atoms with Crippen LogP contribution >= 0.6 is 0 Å². The summed E-state index contributed by atoms with van der Waals surface area (Å²) in [5, 5.41) is 7.93. The van der Waals surface area contributed by atoms with E-state index in [2.05, 4.69) is 16.0 Å². The SMILES string of the molecule is CC[C@H](C)[C@@H]1NC(=O)[C@H](CC(F)(F)F)N(C)C(=O)C[C@@H](C(=O)N2CCOCC2)N(C)C(=O)[C@H](C2CCCC2)N(C)C(=O)C2(CCCC2)NC(=O)[C@@H]2CCCN2C(=O)[C@H](CCC2CC(F)C(C(F)(F)F)C(F)C2)NC(=O)CN(C)C(=O)[C@H](CC2CCC(C(F)(F)F)CC2)N2CCCCC[C@@H](C2=O)N(C)C(=O)CN(C)C1=O. The van der Waals surface area contributed by atoms with Crippen molar-refractivity contribution in [3.8, 4) is 0 Å². The van der Waals surface area contributed by atoms with Crippen LogP contribution in [0.2, 0.25) is 0 Å². The Balaban J connectivity index is 1.20. The third-order valence-electron chi connectivity index (χ3n) is 24.7. The highest BCUT2D eigenvalue weighted by molar-refractivity contribution is 6.01. The summed E-state index contributed by atoms with van der Waals surface area (Å²) >= 11 is 0. The van der Waals surface area contributed by atoms with Gasteiger partial charge in [-0.1, -0.05) is 58.8 Å². The van der Waals surface area contributed by atoms with Crippen molar-refractivity contribution < 1.29 is 111 Å². The molecule has 0 aromatic rings. The van der Waals surface area contributed by atoms with Crippen molar-refractivity contribution in [3.63, 3.8) is 0 Å². The average molecular weight is 1590 g/mol. The minimum atomic E-state index is -5.23. The summed E-state index contributed by atoms with van der Waals surface area (Å²) in [5.74, 6) is -19.3. The van der Waals surface area contributed by atoms with Crippen molar-refractivity contribution in [1.82, 2.24) is 60.0 Å². The van der Waals surface area contributed by atoms with E-state index in [9.17, 15) is 68.3 Å². The molecule has 4 saturated heterocycles. The summed E-state index contributed by atoms with van der Waals surface area (Å²) in [5.41, 5.74) is -1.77. The second kappa shape index (κ2) is 37.6. The van der Waals surface area contributed by atoms with E-state index in [1.807, 2.05) is 0 Å². The highest BCUT2D eigenvalue weighted by atomic mass is 19.4. The van der Waals surface area contributed by atoms with Crippen LogP contribution in [0, 0.1) is 35.5 Å². The molecule has 2 bridgehead atoms. The molecule has 1 spiro atoms. The number of likely N-dealkylation sites (N-methyl/N-ethyl adjacent to an activating group) is 6. The van der Waals surface area contributed by atoms with Gasteiger partial charge in [0.25, 0.3) is 0 Å². The Morgan fingerprint density at radius 3 is 1.74 bits per heavy atom. The van der Waals surface area contributed by atoms with Gasteiger partial charge in [-0.05, 0) is 133 Å². The molecular formula is C74H111F11N12O13. The minimum Gasteiger partial charge on any atom is -0.378 e. The zero-order chi connectivity index (χ0) is 81.2. The van der Waals surface area contributed by atoms with Gasteiger partial charge in [-0.25, -0.2) is 8.78 Å². The number of morpholine rings is 1. The van der Waals surface area contributed by atoms with E-state index in [1.165, 1.54) is 56.9 Å². The molecule has 8 fully saturated rings. The molecule has 622 valence electrons. The topological polar surface area (TPSA) is 279 Å². The third-order valence-corrected chi connectivity index (χ3v) is 24.7. The molecule has 110 heavy (non-hydrogen) atoms. The molecule has 0 aromatic carbocycles. The molecule has 3 N–H and O–H groups in total. The van der Waals surface area contributed by atoms with Crippen LogP contribution in [0.4, 0.5) is 48.3 Å². The van der Waals surface area contributed by atoms with E-state index in [-0.39, 0.29) is 123 Å². The Morgan fingerprint density at radius 2 is 1.15 bits per heavy atom. The lowest BCUT2D eigenvalue weighted by molar-refractivity contribution is -0.219. The minimum absolute atomic E-state index is 0.00844. The smallest absolute Gasteiger partial charge is 0.378 e. The summed E-state index contributed by atoms with van der Waals surface area (Å²) in [6.45, 7) is 1.11. The van der Waals surface area contributed by atoms with Gasteiger partial charge in [0.05, 0.1) is 45.1 Å². The number of halogens is 11. The number of carbonyl (C=O) groups is 12. The van der Waals surface area contributed by atoms with Crippen LogP contribution in [0.3, 0.4) is 0 Å². The van der Waals surface area contributed by atoms with Crippen molar-refractivity contribution in [2.45, 2.75) is 266 Å². The maximum atomic E-state index is 15.6. The first-order valence-electron chi connectivity index (χ1n) is 39.0. The quantitative estimate of drug-likeness (QED) is 0.194. The lowest BCUT2D eigenvalue weighted by Gasteiger charge is -2.42. The van der Waals surface area contributed by atoms with Gasteiger partial charge in [-0.2, -0.15) is 39.5 Å². The largest absolute Gasteiger partial charge is 0.397 e. The molecule has 0 radical (unpaired) electrons. The summed E-state index contributed by atoms with van der Waals surface area (Å²) in [4.78, 5) is 190. The summed E-state index contributed by atoms with van der Waals surface area (Å²) in [6.07, 6.45) is -22.6. The van der Waals surface area contributed by atoms with Crippen molar-refractivity contribution in [2.24, 2.45) is 35.5 Å². The molecule has 11 atom stereocenters. The van der Waals surface area contributed by atoms with Crippen LogP contribution in [-0.2, 0) is 62.3 Å². The molecule has 4 saturated carbocycles. The predicted octanol–water partition coefficient (Wildman–Crippen LogP) is 6.63. The Hall–Kier alpha value is -7.17. The van der Waals surface area contributed by atoms with Crippen LogP contribution in [0.1, 0.15) is 181 Å². The molecule has 4 aliphatic heterocycles. The molecule has 2 unspecified atom stereocenters. The van der Waals surface area contributed by atoms with Gasteiger partial charge in [0.2, 0.25) is 70.9 Å². The molecule has 8 aliphatic rings. The molecule has 4 heterocycles. The number of hydrogen-bond acceptors (Lipinski definition) is 13. The van der Waals surface area contributed by atoms with Crippen LogP contribution in [-0.4, -0.2) is 294 Å². The monoisotopic (exact) mass is 1580 g/mol. The number of carbonyl (C=O) groups excluding carboxylic acids is 12. The Bertz CT molecular complexity index is 3260. The first kappa shape index (κ1) is 88.4. The van der Waals surface area contributed by atoms with Crippen LogP contribution in [0.5, 0.6) is 0 Å². The zero-order valence-electron chi connectivity index (χ0n) is 64.3. The highest BCUT2D eigenvalue weighted by Crippen LogP contribution is 2.46. The summed E-state index contributed by atoms with van der Waals surface area (Å²) in [6, 6.07) is -13.3. The number of amides is 12. The molecule has 36 heteroatoms. The zero-order valence-corrected chi connectivity index (χ0v) is 64.3.